The van der Waals surface area contributed by atoms with Crippen molar-refractivity contribution >= 4 is 83.2 Å². The topological polar surface area (TPSA) is 239 Å². The molecule has 202 valence electrons. The number of nitrogens with zero attached hydrogens (tertiary/aromatic N) is 5. The molecule has 4 aromatic rings. The molecule has 3 aromatic carbocycles. The summed E-state index contributed by atoms with van der Waals surface area (Å²) >= 11 is 5.78. The Bertz CT molecular complexity index is 1860. The smallest absolute Gasteiger partial charge is 0.295 e. The minimum atomic E-state index is -4.84. The highest BCUT2D eigenvalue weighted by Crippen LogP contribution is 2.35. The lowest BCUT2D eigenvalue weighted by atomic mass is 10.1. The molecule has 1 aromatic heterocycles. The number of halogens is 1. The van der Waals surface area contributed by atoms with Gasteiger partial charge in [-0.15, -0.1) is 5.11 Å². The fourth-order valence-corrected chi connectivity index (χ4v) is 5.05. The Balaban J connectivity index is 1.80. The van der Waals surface area contributed by atoms with Crippen molar-refractivity contribution in [3.63, 3.8) is 0 Å². The van der Waals surface area contributed by atoms with Crippen molar-refractivity contribution in [2.45, 2.75) is 16.7 Å². The Labute approximate surface area is 225 Å². The number of rotatable bonds is 7. The normalized spacial score (nSPS) is 12.1. The number of fused-ring (bicyclic) bond motifs is 1. The van der Waals surface area contributed by atoms with Crippen LogP contribution in [0.2, 0.25) is 5.28 Å². The fourth-order valence-electron chi connectivity index (χ4n) is 3.46. The van der Waals surface area contributed by atoms with Crippen molar-refractivity contribution in [1.29, 1.82) is 0 Å². The minimum absolute atomic E-state index is 0.0270. The lowest BCUT2D eigenvalue weighted by molar-refractivity contribution is -0.114. The number of carbonyl (C=O) groups excluding carboxylic acids is 1. The lowest BCUT2D eigenvalue weighted by Gasteiger charge is -2.11. The van der Waals surface area contributed by atoms with Gasteiger partial charge in [-0.2, -0.15) is 36.9 Å². The number of azo groups is 1. The highest BCUT2D eigenvalue weighted by Gasteiger charge is 2.21. The first-order chi connectivity index (χ1) is 18.2. The van der Waals surface area contributed by atoms with E-state index in [0.29, 0.717) is 5.69 Å². The SMILES string of the molecule is CC(=O)Nc1cc(Nc2nc(N)nc(Cl)n2)ccc1/N=N/c1cc(S(=O)(=O)O)c2cccc(S(=O)(=O)O)c2c1. The van der Waals surface area contributed by atoms with Crippen LogP contribution in [0.4, 0.5) is 34.6 Å². The van der Waals surface area contributed by atoms with E-state index in [9.17, 15) is 30.7 Å². The zero-order valence-corrected chi connectivity index (χ0v) is 22.0. The summed E-state index contributed by atoms with van der Waals surface area (Å²) in [6.07, 6.45) is 0. The average molecular weight is 593 g/mol. The minimum Gasteiger partial charge on any atom is -0.368 e. The van der Waals surface area contributed by atoms with Crippen molar-refractivity contribution in [1.82, 2.24) is 15.0 Å². The quantitative estimate of drug-likeness (QED) is 0.152. The average Bonchev–Trinajstić information content (AvgIpc) is 2.80. The third-order valence-electron chi connectivity index (χ3n) is 4.92. The first-order valence-corrected chi connectivity index (χ1v) is 13.8. The monoisotopic (exact) mass is 592 g/mol. The summed E-state index contributed by atoms with van der Waals surface area (Å²) in [5.74, 6) is -0.547. The Morgan fingerprint density at radius 2 is 1.64 bits per heavy atom. The van der Waals surface area contributed by atoms with E-state index >= 15 is 0 Å². The fraction of sp³-hybridized carbons (Fsp3) is 0.0476. The van der Waals surface area contributed by atoms with Crippen LogP contribution in [-0.4, -0.2) is 46.8 Å². The molecule has 6 N–H and O–H groups in total. The van der Waals surface area contributed by atoms with Crippen LogP contribution in [0.5, 0.6) is 0 Å². The molecule has 0 unspecified atom stereocenters. The second kappa shape index (κ2) is 10.5. The van der Waals surface area contributed by atoms with Crippen LogP contribution in [0.1, 0.15) is 6.92 Å². The van der Waals surface area contributed by atoms with Gasteiger partial charge in [-0.3, -0.25) is 13.9 Å². The van der Waals surface area contributed by atoms with Gasteiger partial charge in [0.2, 0.25) is 23.1 Å². The lowest BCUT2D eigenvalue weighted by Crippen LogP contribution is -2.07. The van der Waals surface area contributed by atoms with E-state index in [2.05, 4.69) is 35.8 Å². The van der Waals surface area contributed by atoms with Gasteiger partial charge < -0.3 is 16.4 Å². The molecule has 15 nitrogen and oxygen atoms in total. The van der Waals surface area contributed by atoms with Crippen LogP contribution in [0.15, 0.2) is 68.6 Å². The maximum atomic E-state index is 12.0. The number of nitrogens with two attached hydrogens (primary N) is 1. The molecule has 0 saturated carbocycles. The van der Waals surface area contributed by atoms with Crippen LogP contribution < -0.4 is 16.4 Å². The van der Waals surface area contributed by atoms with Gasteiger partial charge in [0, 0.05) is 23.4 Å². The standard InChI is InChI=1S/C21H17ClN8O7S2/c1-10(31)24-16-8-11(25-21-27-19(22)26-20(23)28-21)5-6-15(16)30-29-12-7-14-13(18(9-12)39(35,36)37)3-2-4-17(14)38(32,33)34/h2-9H,1H3,(H,24,31)(H,32,33,34)(H,35,36,37)(H3,23,25,26,27,28)/b30-29+. The molecule has 0 aliphatic heterocycles. The van der Waals surface area contributed by atoms with Gasteiger partial charge in [0.25, 0.3) is 20.2 Å². The van der Waals surface area contributed by atoms with Crippen LogP contribution in [0, 0.1) is 0 Å². The van der Waals surface area contributed by atoms with E-state index in [4.69, 9.17) is 17.3 Å². The number of nitrogens with one attached hydrogen (secondary N) is 2. The van der Waals surface area contributed by atoms with Crippen LogP contribution in [0.25, 0.3) is 10.8 Å². The summed E-state index contributed by atoms with van der Waals surface area (Å²) < 4.78 is 67.1. The molecule has 0 bridgehead atoms. The summed E-state index contributed by atoms with van der Waals surface area (Å²) in [5.41, 5.74) is 6.04. The number of hydrogen-bond acceptors (Lipinski definition) is 12. The van der Waals surface area contributed by atoms with Gasteiger partial charge in [0.05, 0.1) is 11.4 Å². The molecule has 4 rings (SSSR count). The number of amides is 1. The molecule has 0 fully saturated rings. The largest absolute Gasteiger partial charge is 0.368 e. The molecule has 0 aliphatic rings. The molecular formula is C21H17ClN8O7S2. The predicted molar refractivity (Wildman–Crippen MR) is 141 cm³/mol. The first kappa shape index (κ1) is 27.7. The third-order valence-corrected chi connectivity index (χ3v) is 6.90. The summed E-state index contributed by atoms with van der Waals surface area (Å²) in [6.45, 7) is 1.26. The van der Waals surface area contributed by atoms with Gasteiger partial charge in [0.1, 0.15) is 15.5 Å². The molecular weight excluding hydrogens is 576 g/mol. The van der Waals surface area contributed by atoms with Crippen molar-refractivity contribution in [2.24, 2.45) is 10.2 Å². The van der Waals surface area contributed by atoms with Crippen molar-refractivity contribution in [3.8, 4) is 0 Å². The maximum absolute atomic E-state index is 12.0. The first-order valence-electron chi connectivity index (χ1n) is 10.5. The highest BCUT2D eigenvalue weighted by atomic mass is 35.5. The number of nitrogen functional groups attached to an aromatic ring is 1. The molecule has 39 heavy (non-hydrogen) atoms. The van der Waals surface area contributed by atoms with Gasteiger partial charge in [-0.1, -0.05) is 12.1 Å². The van der Waals surface area contributed by atoms with Crippen molar-refractivity contribution in [3.05, 3.63) is 53.8 Å². The van der Waals surface area contributed by atoms with Crippen LogP contribution in [-0.2, 0) is 25.0 Å². The summed E-state index contributed by atoms with van der Waals surface area (Å²) in [4.78, 5) is 22.0. The summed E-state index contributed by atoms with van der Waals surface area (Å²) in [5, 5.41) is 12.9. The number of aromatic nitrogens is 3. The van der Waals surface area contributed by atoms with Crippen molar-refractivity contribution < 1.29 is 30.7 Å². The highest BCUT2D eigenvalue weighted by molar-refractivity contribution is 7.86. The van der Waals surface area contributed by atoms with E-state index < -0.39 is 35.9 Å². The third kappa shape index (κ3) is 6.59. The Hall–Kier alpha value is -4.29. The van der Waals surface area contributed by atoms with E-state index in [0.717, 1.165) is 12.1 Å². The van der Waals surface area contributed by atoms with Gasteiger partial charge in [0.15, 0.2) is 0 Å². The Morgan fingerprint density at radius 3 is 2.28 bits per heavy atom. The van der Waals surface area contributed by atoms with Crippen LogP contribution in [0.3, 0.4) is 0 Å². The zero-order chi connectivity index (χ0) is 28.5. The molecule has 1 amide bonds. The van der Waals surface area contributed by atoms with Gasteiger partial charge >= 0.3 is 0 Å². The molecule has 0 saturated heterocycles. The number of benzene rings is 3. The molecule has 0 spiro atoms. The predicted octanol–water partition coefficient (Wildman–Crippen LogP) is 3.87. The molecule has 18 heteroatoms. The second-order valence-corrected chi connectivity index (χ2v) is 10.9. The Morgan fingerprint density at radius 1 is 0.923 bits per heavy atom. The van der Waals surface area contributed by atoms with Crippen LogP contribution >= 0.6 is 11.6 Å². The van der Waals surface area contributed by atoms with Gasteiger partial charge in [-0.05, 0) is 48.0 Å². The van der Waals surface area contributed by atoms with Gasteiger partial charge in [-0.25, -0.2) is 0 Å². The number of carbonyl (C=O) groups is 1. The summed E-state index contributed by atoms with van der Waals surface area (Å²) in [6, 6.07) is 10.1. The second-order valence-electron chi connectivity index (χ2n) is 7.77. The molecule has 0 atom stereocenters. The molecule has 0 radical (unpaired) electrons. The van der Waals surface area contributed by atoms with E-state index in [1.165, 1.54) is 43.3 Å². The van der Waals surface area contributed by atoms with E-state index in [1.807, 2.05) is 0 Å². The van der Waals surface area contributed by atoms with Crippen molar-refractivity contribution in [2.75, 3.05) is 16.4 Å². The van der Waals surface area contributed by atoms with E-state index in [-0.39, 0.29) is 45.0 Å². The van der Waals surface area contributed by atoms with E-state index in [1.54, 1.807) is 0 Å². The molecule has 1 heterocycles. The number of hydrogen-bond donors (Lipinski definition) is 5. The zero-order valence-electron chi connectivity index (χ0n) is 19.6. The molecule has 0 aliphatic carbocycles. The number of anilines is 4. The maximum Gasteiger partial charge on any atom is 0.295 e. The Kier molecular flexibility index (Phi) is 7.44. The summed E-state index contributed by atoms with van der Waals surface area (Å²) in [7, 11) is -9.61.